The number of hydrogen-bond donors (Lipinski definition) is 1. The van der Waals surface area contributed by atoms with E-state index in [-0.39, 0.29) is 24.7 Å². The first-order valence-corrected chi connectivity index (χ1v) is 18.6. The summed E-state index contributed by atoms with van der Waals surface area (Å²) >= 11 is 1.64. The number of methoxy groups -OCH3 is 1. The fraction of sp³-hybridized carbons (Fsp3) is 0.189. The van der Waals surface area contributed by atoms with Crippen molar-refractivity contribution in [2.24, 2.45) is 0 Å². The second-order valence-electron chi connectivity index (χ2n) is 11.4. The average molecular weight is 726 g/mol. The molecule has 3 heterocycles. The highest BCUT2D eigenvalue weighted by atomic mass is 32.2. The van der Waals surface area contributed by atoms with E-state index in [0.717, 1.165) is 40.2 Å². The van der Waals surface area contributed by atoms with Gasteiger partial charge in [-0.2, -0.15) is 0 Å². The minimum atomic E-state index is -3.71. The molecule has 0 unspecified atom stereocenters. The van der Waals surface area contributed by atoms with Gasteiger partial charge in [0.25, 0.3) is 5.91 Å². The molecule has 262 valence electrons. The molecule has 1 N–H and O–H groups in total. The zero-order chi connectivity index (χ0) is 36.0. The van der Waals surface area contributed by atoms with Gasteiger partial charge in [0.2, 0.25) is 21.8 Å². The predicted molar refractivity (Wildman–Crippen MR) is 195 cm³/mol. The van der Waals surface area contributed by atoms with Crippen LogP contribution in [0, 0.1) is 6.92 Å². The third-order valence-corrected chi connectivity index (χ3v) is 9.11. The predicted octanol–water partition coefficient (Wildman–Crippen LogP) is 6.88. The number of sulfonamides is 1. The molecule has 6 rings (SSSR count). The van der Waals surface area contributed by atoms with Crippen molar-refractivity contribution >= 4 is 39.4 Å². The van der Waals surface area contributed by atoms with Crippen LogP contribution in [0.3, 0.4) is 0 Å². The topological polar surface area (TPSA) is 148 Å². The van der Waals surface area contributed by atoms with Gasteiger partial charge in [0, 0.05) is 22.7 Å². The summed E-state index contributed by atoms with van der Waals surface area (Å²) in [5, 5.41) is 7.83. The molecule has 51 heavy (non-hydrogen) atoms. The van der Waals surface area contributed by atoms with Gasteiger partial charge >= 0.3 is 0 Å². The molecule has 6 aromatic rings. The van der Waals surface area contributed by atoms with Gasteiger partial charge in [0.1, 0.15) is 24.7 Å². The van der Waals surface area contributed by atoms with Gasteiger partial charge in [-0.15, -0.1) is 16.4 Å². The van der Waals surface area contributed by atoms with Gasteiger partial charge in [0.15, 0.2) is 11.5 Å². The lowest BCUT2D eigenvalue weighted by molar-refractivity contribution is 0.0981. The van der Waals surface area contributed by atoms with Gasteiger partial charge in [-0.25, -0.2) is 27.8 Å². The molecule has 0 fully saturated rings. The number of carbonyl (C=O) groups excluding carboxylic acids is 1. The number of aromatic nitrogens is 4. The summed E-state index contributed by atoms with van der Waals surface area (Å²) in [6.45, 7) is 4.16. The number of thiazole rings is 1. The smallest absolute Gasteiger partial charge is 0.264 e. The van der Waals surface area contributed by atoms with Crippen LogP contribution in [0.5, 0.6) is 17.4 Å². The zero-order valence-electron chi connectivity index (χ0n) is 28.3. The number of carbonyl (C=O) groups is 1. The maximum absolute atomic E-state index is 12.3. The van der Waals surface area contributed by atoms with E-state index in [1.54, 1.807) is 48.3 Å². The first-order chi connectivity index (χ1) is 24.6. The number of ether oxygens (including phenoxy) is 3. The van der Waals surface area contributed by atoms with Crippen molar-refractivity contribution in [3.8, 4) is 34.5 Å². The largest absolute Gasteiger partial charge is 0.493 e. The monoisotopic (exact) mass is 725 g/mol. The molecule has 0 atom stereocenters. The standard InChI is InChI=1S/C37H35N5O7S2/c1-5-34-38-29(23-50-34)16-15-28-20-42(30-12-7-6-8-13-30)40-37(28)48-21-25-14-17-32(33(18-25)46-3)47-22-31-24(2)49-36(39-31)27-11-9-10-26(19-27)35(43)41-51(4,44)45/h6-20,23H,5,21-22H2,1-4H3,(H,41,43)/b16-15+. The Labute approximate surface area is 299 Å². The lowest BCUT2D eigenvalue weighted by Gasteiger charge is -2.12. The van der Waals surface area contributed by atoms with E-state index in [4.69, 9.17) is 23.7 Å². The minimum absolute atomic E-state index is 0.0845. The van der Waals surface area contributed by atoms with Gasteiger partial charge in [0.05, 0.1) is 35.3 Å². The lowest BCUT2D eigenvalue weighted by atomic mass is 10.1. The maximum atomic E-state index is 12.3. The molecule has 1 amide bonds. The molecule has 0 saturated carbocycles. The number of nitrogens with one attached hydrogen (secondary N) is 1. The van der Waals surface area contributed by atoms with Crippen LogP contribution in [-0.4, -0.2) is 47.4 Å². The highest BCUT2D eigenvalue weighted by Crippen LogP contribution is 2.31. The summed E-state index contributed by atoms with van der Waals surface area (Å²) < 4.78 is 50.6. The normalized spacial score (nSPS) is 11.5. The molecule has 0 radical (unpaired) electrons. The molecule has 0 aliphatic rings. The third-order valence-electron chi connectivity index (χ3n) is 7.54. The minimum Gasteiger partial charge on any atom is -0.493 e. The first-order valence-electron chi connectivity index (χ1n) is 15.9. The Balaban J connectivity index is 1.14. The second kappa shape index (κ2) is 15.4. The Kier molecular flexibility index (Phi) is 10.6. The van der Waals surface area contributed by atoms with Crippen LogP contribution in [0.2, 0.25) is 0 Å². The van der Waals surface area contributed by atoms with Gasteiger partial charge in [-0.3, -0.25) is 4.79 Å². The van der Waals surface area contributed by atoms with E-state index in [0.29, 0.717) is 34.4 Å². The Bertz CT molecular complexity index is 2290. The summed E-state index contributed by atoms with van der Waals surface area (Å²) in [5.74, 6) is 1.52. The fourth-order valence-corrected chi connectivity index (χ4v) is 6.14. The van der Waals surface area contributed by atoms with Crippen LogP contribution in [-0.2, 0) is 29.7 Å². The van der Waals surface area contributed by atoms with E-state index < -0.39 is 15.9 Å². The van der Waals surface area contributed by atoms with Gasteiger partial charge in [-0.05, 0) is 73.5 Å². The molecule has 3 aromatic heterocycles. The molecule has 0 saturated heterocycles. The number of aryl methyl sites for hydroxylation is 2. The quantitative estimate of drug-likeness (QED) is 0.126. The van der Waals surface area contributed by atoms with Gasteiger partial charge in [-0.1, -0.05) is 37.3 Å². The highest BCUT2D eigenvalue weighted by Gasteiger charge is 2.17. The summed E-state index contributed by atoms with van der Waals surface area (Å²) in [6, 6.07) is 21.7. The van der Waals surface area contributed by atoms with Crippen LogP contribution in [0.1, 0.15) is 50.6 Å². The van der Waals surface area contributed by atoms with E-state index in [9.17, 15) is 13.2 Å². The second-order valence-corrected chi connectivity index (χ2v) is 14.1. The van der Waals surface area contributed by atoms with Crippen molar-refractivity contribution in [2.75, 3.05) is 13.4 Å². The zero-order valence-corrected chi connectivity index (χ0v) is 30.0. The molecular formula is C37H35N5O7S2. The van der Waals surface area contributed by atoms with Crippen molar-refractivity contribution in [3.63, 3.8) is 0 Å². The summed E-state index contributed by atoms with van der Waals surface area (Å²) in [5.41, 5.74) is 4.65. The molecule has 3 aromatic carbocycles. The van der Waals surface area contributed by atoms with Crippen molar-refractivity contribution in [1.29, 1.82) is 0 Å². The van der Waals surface area contributed by atoms with Crippen molar-refractivity contribution in [1.82, 2.24) is 24.5 Å². The van der Waals surface area contributed by atoms with E-state index in [2.05, 4.69) is 16.9 Å². The van der Waals surface area contributed by atoms with E-state index >= 15 is 0 Å². The van der Waals surface area contributed by atoms with Crippen LogP contribution in [0.4, 0.5) is 0 Å². The lowest BCUT2D eigenvalue weighted by Crippen LogP contribution is -2.29. The SMILES string of the molecule is CCc1nc(/C=C/c2cn(-c3ccccc3)nc2OCc2ccc(OCc3nc(-c4cccc(C(=O)NS(C)(=O)=O)c4)oc3C)c(OC)c2)cs1. The molecule has 12 nitrogen and oxygen atoms in total. The van der Waals surface area contributed by atoms with Crippen LogP contribution in [0.15, 0.2) is 88.8 Å². The van der Waals surface area contributed by atoms with E-state index in [1.165, 1.54) is 12.1 Å². The number of hydrogen-bond acceptors (Lipinski definition) is 11. The fourth-order valence-electron chi connectivity index (χ4n) is 4.98. The first kappa shape index (κ1) is 35.1. The van der Waals surface area contributed by atoms with Crippen LogP contribution >= 0.6 is 11.3 Å². The Morgan fingerprint density at radius 2 is 1.80 bits per heavy atom. The number of nitrogens with zero attached hydrogens (tertiary/aromatic N) is 4. The molecule has 0 aliphatic carbocycles. The molecule has 0 aliphatic heterocycles. The average Bonchev–Trinajstić information content (AvgIpc) is 3.87. The molecule has 0 bridgehead atoms. The van der Waals surface area contributed by atoms with Crippen molar-refractivity contribution in [2.45, 2.75) is 33.5 Å². The Morgan fingerprint density at radius 1 is 0.980 bits per heavy atom. The summed E-state index contributed by atoms with van der Waals surface area (Å²) in [4.78, 5) is 21.5. The molecular weight excluding hydrogens is 691 g/mol. The molecule has 0 spiro atoms. The summed E-state index contributed by atoms with van der Waals surface area (Å²) in [7, 11) is -2.15. The van der Waals surface area contributed by atoms with Crippen molar-refractivity contribution < 1.29 is 31.8 Å². The van der Waals surface area contributed by atoms with Gasteiger partial charge < -0.3 is 18.6 Å². The van der Waals surface area contributed by atoms with Crippen LogP contribution < -0.4 is 18.9 Å². The molecule has 14 heteroatoms. The van der Waals surface area contributed by atoms with Crippen LogP contribution in [0.25, 0.3) is 29.3 Å². The summed E-state index contributed by atoms with van der Waals surface area (Å²) in [6.07, 6.45) is 7.65. The number of oxazole rings is 1. The Morgan fingerprint density at radius 3 is 2.55 bits per heavy atom. The number of rotatable bonds is 14. The van der Waals surface area contributed by atoms with Crippen molar-refractivity contribution in [3.05, 3.63) is 123 Å². The highest BCUT2D eigenvalue weighted by molar-refractivity contribution is 7.89. The number of para-hydroxylation sites is 1. The Hall–Kier alpha value is -5.73. The number of benzene rings is 3. The van der Waals surface area contributed by atoms with E-state index in [1.807, 2.05) is 70.9 Å². The third kappa shape index (κ3) is 8.90. The number of amides is 1. The maximum Gasteiger partial charge on any atom is 0.264 e.